The Kier molecular flexibility index (Phi) is 3.53. The van der Waals surface area contributed by atoms with Gasteiger partial charge in [-0.25, -0.2) is 0 Å². The van der Waals surface area contributed by atoms with Crippen molar-refractivity contribution < 1.29 is 4.42 Å². The molecule has 0 fully saturated rings. The maximum Gasteiger partial charge on any atom is 0.137 e. The summed E-state index contributed by atoms with van der Waals surface area (Å²) < 4.78 is 8.72. The summed E-state index contributed by atoms with van der Waals surface area (Å²) in [6.45, 7) is 0. The predicted octanol–water partition coefficient (Wildman–Crippen LogP) is 9.47. The zero-order chi connectivity index (χ0) is 24.1. The third kappa shape index (κ3) is 2.41. The van der Waals surface area contributed by atoms with Gasteiger partial charge in [0.2, 0.25) is 0 Å². The highest BCUT2D eigenvalue weighted by Gasteiger charge is 2.21. The van der Waals surface area contributed by atoms with E-state index in [0.717, 1.165) is 33.1 Å². The molecule has 0 saturated heterocycles. The third-order valence-electron chi connectivity index (χ3n) is 7.90. The quantitative estimate of drug-likeness (QED) is 0.254. The van der Waals surface area contributed by atoms with E-state index in [1.165, 1.54) is 48.9 Å². The lowest BCUT2D eigenvalue weighted by molar-refractivity contribution is 0.668. The smallest absolute Gasteiger partial charge is 0.137 e. The molecule has 0 unspecified atom stereocenters. The lowest BCUT2D eigenvalue weighted by Gasteiger charge is -2.11. The molecule has 0 bridgehead atoms. The fourth-order valence-electron chi connectivity index (χ4n) is 6.38. The van der Waals surface area contributed by atoms with Gasteiger partial charge in [-0.1, -0.05) is 78.9 Å². The number of hydrogen-bond donors (Lipinski definition) is 1. The van der Waals surface area contributed by atoms with E-state index in [1.54, 1.807) is 0 Å². The molecule has 0 amide bonds. The molecule has 0 aliphatic rings. The number of nitrogens with one attached hydrogen (secondary N) is 1. The van der Waals surface area contributed by atoms with Crippen molar-refractivity contribution in [2.45, 2.75) is 0 Å². The van der Waals surface area contributed by atoms with Gasteiger partial charge in [-0.2, -0.15) is 0 Å². The summed E-state index contributed by atoms with van der Waals surface area (Å²) in [6, 6.07) is 41.0. The monoisotopic (exact) mass is 472 g/mol. The highest BCUT2D eigenvalue weighted by molar-refractivity contribution is 6.36. The molecule has 9 aromatic rings. The zero-order valence-electron chi connectivity index (χ0n) is 19.8. The normalized spacial score (nSPS) is 12.3. The van der Waals surface area contributed by atoms with Gasteiger partial charge in [0.15, 0.2) is 0 Å². The van der Waals surface area contributed by atoms with Crippen molar-refractivity contribution in [3.63, 3.8) is 0 Å². The molecule has 3 aromatic heterocycles. The predicted molar refractivity (Wildman–Crippen MR) is 155 cm³/mol. The van der Waals surface area contributed by atoms with Crippen LogP contribution in [0.5, 0.6) is 0 Å². The van der Waals surface area contributed by atoms with Crippen molar-refractivity contribution in [2.24, 2.45) is 0 Å². The molecule has 172 valence electrons. The lowest BCUT2D eigenvalue weighted by atomic mass is 9.99. The minimum absolute atomic E-state index is 0.905. The van der Waals surface area contributed by atoms with Crippen LogP contribution < -0.4 is 0 Å². The first-order valence-electron chi connectivity index (χ1n) is 12.6. The average Bonchev–Trinajstić information content (AvgIpc) is 3.62. The van der Waals surface area contributed by atoms with E-state index in [1.807, 2.05) is 12.1 Å². The second-order valence-electron chi connectivity index (χ2n) is 9.82. The van der Waals surface area contributed by atoms with E-state index < -0.39 is 0 Å². The van der Waals surface area contributed by atoms with Crippen molar-refractivity contribution in [1.82, 2.24) is 9.55 Å². The molecule has 0 aliphatic carbocycles. The Morgan fingerprint density at radius 2 is 1.19 bits per heavy atom. The maximum absolute atomic E-state index is 6.30. The first-order chi connectivity index (χ1) is 18.4. The van der Waals surface area contributed by atoms with Crippen LogP contribution in [0.1, 0.15) is 0 Å². The summed E-state index contributed by atoms with van der Waals surface area (Å²) >= 11 is 0. The van der Waals surface area contributed by atoms with Gasteiger partial charge in [0.25, 0.3) is 0 Å². The summed E-state index contributed by atoms with van der Waals surface area (Å²) in [5, 5.41) is 9.83. The number of rotatable bonds is 1. The summed E-state index contributed by atoms with van der Waals surface area (Å²) in [5.74, 6) is 0. The highest BCUT2D eigenvalue weighted by atomic mass is 16.3. The molecule has 0 aliphatic heterocycles. The Balaban J connectivity index is 1.54. The first-order valence-corrected chi connectivity index (χ1v) is 12.6. The minimum Gasteiger partial charge on any atom is -0.456 e. The number of furan rings is 1. The van der Waals surface area contributed by atoms with Crippen LogP contribution in [-0.4, -0.2) is 9.55 Å². The fraction of sp³-hybridized carbons (Fsp3) is 0. The van der Waals surface area contributed by atoms with Gasteiger partial charge in [-0.15, -0.1) is 0 Å². The van der Waals surface area contributed by atoms with Crippen molar-refractivity contribution in [3.05, 3.63) is 115 Å². The van der Waals surface area contributed by atoms with E-state index in [9.17, 15) is 0 Å². The van der Waals surface area contributed by atoms with Crippen LogP contribution in [0, 0.1) is 0 Å². The molecule has 0 spiro atoms. The number of aromatic amines is 1. The molecule has 9 rings (SSSR count). The van der Waals surface area contributed by atoms with Crippen molar-refractivity contribution in [2.75, 3.05) is 0 Å². The van der Waals surface area contributed by atoms with Crippen LogP contribution in [0.2, 0.25) is 0 Å². The lowest BCUT2D eigenvalue weighted by Crippen LogP contribution is -1.94. The summed E-state index contributed by atoms with van der Waals surface area (Å²) in [4.78, 5) is 3.74. The number of H-pyrrole nitrogens is 1. The standard InChI is InChI=1S/C34H20N2O/c1-2-11-24-23(10-1)33-31(25-12-3-6-14-27(25)35-33)32-26-13-4-7-15-28(26)36(34(24)32)20-17-18-22-21-9-5-8-16-29(21)37-30(22)19-20/h1-19,35H. The Morgan fingerprint density at radius 1 is 0.514 bits per heavy atom. The molecule has 0 atom stereocenters. The maximum atomic E-state index is 6.30. The zero-order valence-corrected chi connectivity index (χ0v) is 19.8. The Hall–Kier alpha value is -5.02. The number of fused-ring (bicyclic) bond motifs is 13. The van der Waals surface area contributed by atoms with Gasteiger partial charge in [-0.05, 0) is 30.3 Å². The number of hydrogen-bond acceptors (Lipinski definition) is 1. The van der Waals surface area contributed by atoms with Crippen molar-refractivity contribution >= 4 is 76.3 Å². The van der Waals surface area contributed by atoms with Crippen LogP contribution in [0.3, 0.4) is 0 Å². The SMILES string of the molecule is c1ccc2c(c1)[nH]c1c3ccccc3c3c(c4ccccc4n3-c3ccc4c(c3)oc3ccccc34)c21. The molecular weight excluding hydrogens is 452 g/mol. The van der Waals surface area contributed by atoms with E-state index in [0.29, 0.717) is 0 Å². The molecule has 1 N–H and O–H groups in total. The minimum atomic E-state index is 0.905. The average molecular weight is 473 g/mol. The van der Waals surface area contributed by atoms with E-state index in [4.69, 9.17) is 4.42 Å². The Morgan fingerprint density at radius 3 is 2.08 bits per heavy atom. The summed E-state index contributed by atoms with van der Waals surface area (Å²) in [7, 11) is 0. The van der Waals surface area contributed by atoms with Gasteiger partial charge in [-0.3, -0.25) is 0 Å². The fourth-order valence-corrected chi connectivity index (χ4v) is 6.38. The number of para-hydroxylation sites is 3. The Labute approximate surface area is 211 Å². The largest absolute Gasteiger partial charge is 0.456 e. The Bertz CT molecular complexity index is 2360. The molecule has 3 nitrogen and oxygen atoms in total. The van der Waals surface area contributed by atoms with Crippen LogP contribution in [0.4, 0.5) is 0 Å². The molecule has 0 saturated carbocycles. The van der Waals surface area contributed by atoms with Gasteiger partial charge < -0.3 is 14.0 Å². The van der Waals surface area contributed by atoms with Crippen LogP contribution in [0.25, 0.3) is 82.0 Å². The molecule has 3 heterocycles. The van der Waals surface area contributed by atoms with Gasteiger partial charge in [0.1, 0.15) is 11.2 Å². The highest BCUT2D eigenvalue weighted by Crippen LogP contribution is 2.45. The summed E-state index contributed by atoms with van der Waals surface area (Å²) in [5.41, 5.74) is 7.70. The van der Waals surface area contributed by atoms with Crippen LogP contribution >= 0.6 is 0 Å². The molecule has 37 heavy (non-hydrogen) atoms. The van der Waals surface area contributed by atoms with Gasteiger partial charge in [0.05, 0.1) is 16.6 Å². The van der Waals surface area contributed by atoms with E-state index in [-0.39, 0.29) is 0 Å². The van der Waals surface area contributed by atoms with Crippen LogP contribution in [0.15, 0.2) is 120 Å². The first kappa shape index (κ1) is 19.2. The number of nitrogens with zero attached hydrogens (tertiary/aromatic N) is 1. The topological polar surface area (TPSA) is 33.9 Å². The number of aromatic nitrogens is 2. The second kappa shape index (κ2) is 6.80. The van der Waals surface area contributed by atoms with Gasteiger partial charge >= 0.3 is 0 Å². The second-order valence-corrected chi connectivity index (χ2v) is 9.82. The third-order valence-corrected chi connectivity index (χ3v) is 7.90. The molecular formula is C34H20N2O. The van der Waals surface area contributed by atoms with Gasteiger partial charge in [0, 0.05) is 60.4 Å². The summed E-state index contributed by atoms with van der Waals surface area (Å²) in [6.07, 6.45) is 0. The number of benzene rings is 6. The van der Waals surface area contributed by atoms with Crippen molar-refractivity contribution in [1.29, 1.82) is 0 Å². The van der Waals surface area contributed by atoms with E-state index in [2.05, 4.69) is 113 Å². The molecule has 3 heteroatoms. The molecule has 6 aromatic carbocycles. The van der Waals surface area contributed by atoms with E-state index >= 15 is 0 Å². The van der Waals surface area contributed by atoms with Crippen LogP contribution in [-0.2, 0) is 0 Å². The molecule has 0 radical (unpaired) electrons. The van der Waals surface area contributed by atoms with Crippen molar-refractivity contribution in [3.8, 4) is 5.69 Å².